The summed E-state index contributed by atoms with van der Waals surface area (Å²) in [6.07, 6.45) is 4.18. The average molecular weight is 319 g/mol. The first-order valence-corrected chi connectivity index (χ1v) is 7.22. The topological polar surface area (TPSA) is 32.3 Å². The van der Waals surface area contributed by atoms with Crippen molar-refractivity contribution < 1.29 is 5.11 Å². The average Bonchev–Trinajstić information content (AvgIpc) is 2.56. The second-order valence-electron chi connectivity index (χ2n) is 4.52. The summed E-state index contributed by atoms with van der Waals surface area (Å²) < 4.78 is 0.878. The summed E-state index contributed by atoms with van der Waals surface area (Å²) >= 11 is 9.37. The van der Waals surface area contributed by atoms with Gasteiger partial charge in [0.15, 0.2) is 0 Å². The summed E-state index contributed by atoms with van der Waals surface area (Å²) in [5, 5.41) is 14.5. The molecule has 17 heavy (non-hydrogen) atoms. The van der Waals surface area contributed by atoms with E-state index in [1.54, 1.807) is 0 Å². The molecule has 2 rings (SSSR count). The maximum atomic E-state index is 10.4. The van der Waals surface area contributed by atoms with Crippen LogP contribution in [0.3, 0.4) is 0 Å². The molecule has 2 atom stereocenters. The predicted molar refractivity (Wildman–Crippen MR) is 74.4 cm³/mol. The van der Waals surface area contributed by atoms with E-state index in [9.17, 15) is 5.11 Å². The van der Waals surface area contributed by atoms with Crippen molar-refractivity contribution in [2.24, 2.45) is 0 Å². The molecule has 0 aromatic heterocycles. The predicted octanol–water partition coefficient (Wildman–Crippen LogP) is 3.67. The van der Waals surface area contributed by atoms with Gasteiger partial charge >= 0.3 is 0 Å². The lowest BCUT2D eigenvalue weighted by atomic mass is 9.98. The van der Waals surface area contributed by atoms with E-state index in [-0.39, 0.29) is 6.04 Å². The fraction of sp³-hybridized carbons (Fsp3) is 0.538. The summed E-state index contributed by atoms with van der Waals surface area (Å²) in [5.74, 6) is 0. The third-order valence-corrected chi connectivity index (χ3v) is 4.18. The maximum absolute atomic E-state index is 10.4. The number of nitrogens with one attached hydrogen (secondary N) is 1. The number of benzene rings is 1. The standard InChI is InChI=1S/C13H17BrClNO/c14-11-8-9(15)5-6-10(11)13(17)12-4-2-1-3-7-16-12/h5-6,8,12-13,16-17H,1-4,7H2. The Kier molecular flexibility index (Phi) is 4.86. The van der Waals surface area contributed by atoms with Crippen LogP contribution in [0.5, 0.6) is 0 Å². The van der Waals surface area contributed by atoms with Crippen LogP contribution in [0.15, 0.2) is 22.7 Å². The maximum Gasteiger partial charge on any atom is 0.0953 e. The number of aliphatic hydroxyl groups is 1. The van der Waals surface area contributed by atoms with Crippen LogP contribution in [0.2, 0.25) is 5.02 Å². The minimum Gasteiger partial charge on any atom is -0.387 e. The van der Waals surface area contributed by atoms with Gasteiger partial charge in [0, 0.05) is 15.5 Å². The van der Waals surface area contributed by atoms with Gasteiger partial charge in [-0.1, -0.05) is 46.4 Å². The molecular weight excluding hydrogens is 302 g/mol. The molecule has 0 bridgehead atoms. The lowest BCUT2D eigenvalue weighted by molar-refractivity contribution is 0.125. The van der Waals surface area contributed by atoms with Gasteiger partial charge in [-0.3, -0.25) is 0 Å². The highest BCUT2D eigenvalue weighted by Gasteiger charge is 2.23. The molecule has 1 heterocycles. The fourth-order valence-corrected chi connectivity index (χ4v) is 3.20. The van der Waals surface area contributed by atoms with E-state index in [1.165, 1.54) is 19.3 Å². The van der Waals surface area contributed by atoms with Gasteiger partial charge in [0.05, 0.1) is 6.10 Å². The van der Waals surface area contributed by atoms with Gasteiger partial charge in [0.2, 0.25) is 0 Å². The third-order valence-electron chi connectivity index (χ3n) is 3.26. The summed E-state index contributed by atoms with van der Waals surface area (Å²) in [6, 6.07) is 5.69. The van der Waals surface area contributed by atoms with Crippen molar-refractivity contribution in [1.29, 1.82) is 0 Å². The van der Waals surface area contributed by atoms with Gasteiger partial charge in [-0.25, -0.2) is 0 Å². The molecule has 0 radical (unpaired) electrons. The van der Waals surface area contributed by atoms with Gasteiger partial charge in [-0.15, -0.1) is 0 Å². The lowest BCUT2D eigenvalue weighted by Gasteiger charge is -2.23. The fourth-order valence-electron chi connectivity index (χ4n) is 2.28. The van der Waals surface area contributed by atoms with Gasteiger partial charge in [0.1, 0.15) is 0 Å². The molecule has 94 valence electrons. The van der Waals surface area contributed by atoms with Crippen LogP contribution in [0.4, 0.5) is 0 Å². The third kappa shape index (κ3) is 3.44. The van der Waals surface area contributed by atoms with E-state index < -0.39 is 6.10 Å². The van der Waals surface area contributed by atoms with Crippen molar-refractivity contribution >= 4 is 27.5 Å². The minimum atomic E-state index is -0.472. The van der Waals surface area contributed by atoms with E-state index in [4.69, 9.17) is 11.6 Å². The Morgan fingerprint density at radius 3 is 2.94 bits per heavy atom. The normalized spacial score (nSPS) is 23.1. The molecule has 4 heteroatoms. The SMILES string of the molecule is OC(c1ccc(Cl)cc1Br)C1CCCCCN1. The molecule has 1 saturated heterocycles. The van der Waals surface area contributed by atoms with E-state index in [0.29, 0.717) is 5.02 Å². The number of halogens is 2. The van der Waals surface area contributed by atoms with E-state index >= 15 is 0 Å². The largest absolute Gasteiger partial charge is 0.387 e. The van der Waals surface area contributed by atoms with Crippen LogP contribution in [0.25, 0.3) is 0 Å². The van der Waals surface area contributed by atoms with E-state index in [2.05, 4.69) is 21.2 Å². The van der Waals surface area contributed by atoms with Crippen LogP contribution >= 0.6 is 27.5 Å². The number of rotatable bonds is 2. The van der Waals surface area contributed by atoms with Gasteiger partial charge < -0.3 is 10.4 Å². The lowest BCUT2D eigenvalue weighted by Crippen LogP contribution is -2.34. The molecule has 0 aliphatic carbocycles. The quantitative estimate of drug-likeness (QED) is 0.872. The zero-order chi connectivity index (χ0) is 12.3. The van der Waals surface area contributed by atoms with Crippen molar-refractivity contribution in [2.75, 3.05) is 6.54 Å². The van der Waals surface area contributed by atoms with Gasteiger partial charge in [-0.05, 0) is 37.1 Å². The van der Waals surface area contributed by atoms with Crippen molar-refractivity contribution in [3.63, 3.8) is 0 Å². The molecule has 0 spiro atoms. The number of aliphatic hydroxyl groups excluding tert-OH is 1. The molecule has 1 aromatic carbocycles. The van der Waals surface area contributed by atoms with Crippen molar-refractivity contribution in [1.82, 2.24) is 5.32 Å². The highest BCUT2D eigenvalue weighted by Crippen LogP contribution is 2.30. The highest BCUT2D eigenvalue weighted by atomic mass is 79.9. The Morgan fingerprint density at radius 1 is 1.35 bits per heavy atom. The number of hydrogen-bond acceptors (Lipinski definition) is 2. The van der Waals surface area contributed by atoms with Crippen LogP contribution < -0.4 is 5.32 Å². The summed E-state index contributed by atoms with van der Waals surface area (Å²) in [6.45, 7) is 0.993. The Bertz CT molecular complexity index is 378. The summed E-state index contributed by atoms with van der Waals surface area (Å²) in [7, 11) is 0. The highest BCUT2D eigenvalue weighted by molar-refractivity contribution is 9.10. The van der Waals surface area contributed by atoms with Crippen LogP contribution in [-0.4, -0.2) is 17.7 Å². The molecule has 2 nitrogen and oxygen atoms in total. The number of hydrogen-bond donors (Lipinski definition) is 2. The first-order valence-electron chi connectivity index (χ1n) is 6.05. The van der Waals surface area contributed by atoms with Crippen molar-refractivity contribution in [3.8, 4) is 0 Å². The van der Waals surface area contributed by atoms with E-state index in [1.807, 2.05) is 18.2 Å². The van der Waals surface area contributed by atoms with Gasteiger partial charge in [0.25, 0.3) is 0 Å². The molecule has 0 saturated carbocycles. The summed E-state index contributed by atoms with van der Waals surface area (Å²) in [5.41, 5.74) is 0.911. The molecule has 0 amide bonds. The van der Waals surface area contributed by atoms with Crippen molar-refractivity contribution in [3.05, 3.63) is 33.3 Å². The van der Waals surface area contributed by atoms with Crippen LogP contribution in [-0.2, 0) is 0 Å². The molecule has 1 aliphatic heterocycles. The van der Waals surface area contributed by atoms with Gasteiger partial charge in [-0.2, -0.15) is 0 Å². The molecule has 1 aromatic rings. The van der Waals surface area contributed by atoms with E-state index in [0.717, 1.165) is 23.0 Å². The van der Waals surface area contributed by atoms with Crippen LogP contribution in [0, 0.1) is 0 Å². The Balaban J connectivity index is 2.14. The second-order valence-corrected chi connectivity index (χ2v) is 5.81. The molecule has 2 N–H and O–H groups in total. The minimum absolute atomic E-state index is 0.148. The smallest absolute Gasteiger partial charge is 0.0953 e. The molecule has 1 fully saturated rings. The second kappa shape index (κ2) is 6.19. The monoisotopic (exact) mass is 317 g/mol. The summed E-state index contributed by atoms with van der Waals surface area (Å²) in [4.78, 5) is 0. The first kappa shape index (κ1) is 13.3. The molecule has 2 unspecified atom stereocenters. The Hall–Kier alpha value is -0.0900. The van der Waals surface area contributed by atoms with Crippen LogP contribution in [0.1, 0.15) is 37.4 Å². The molecular formula is C13H17BrClNO. The zero-order valence-electron chi connectivity index (χ0n) is 9.63. The Labute approximate surface area is 115 Å². The van der Waals surface area contributed by atoms with Crippen molar-refractivity contribution in [2.45, 2.75) is 37.8 Å². The first-order chi connectivity index (χ1) is 8.18. The molecule has 1 aliphatic rings. The Morgan fingerprint density at radius 2 is 2.18 bits per heavy atom. The zero-order valence-corrected chi connectivity index (χ0v) is 12.0.